The molecule has 1 aliphatic rings. The van der Waals surface area contributed by atoms with Crippen LogP contribution in [0, 0.1) is 11.7 Å². The fourth-order valence-electron chi connectivity index (χ4n) is 2.62. The van der Waals surface area contributed by atoms with Crippen molar-refractivity contribution in [2.75, 3.05) is 0 Å². The lowest BCUT2D eigenvalue weighted by molar-refractivity contribution is -0.131. The smallest absolute Gasteiger partial charge is 0.328 e. The normalized spacial score (nSPS) is 22.1. The van der Waals surface area contributed by atoms with Gasteiger partial charge < -0.3 is 5.11 Å². The maximum atomic E-state index is 13.6. The van der Waals surface area contributed by atoms with E-state index in [-0.39, 0.29) is 11.7 Å². The van der Waals surface area contributed by atoms with Gasteiger partial charge in [0, 0.05) is 6.08 Å². The van der Waals surface area contributed by atoms with E-state index in [1.54, 1.807) is 12.1 Å². The zero-order valence-electron chi connectivity index (χ0n) is 10.2. The molecule has 3 heteroatoms. The zero-order valence-corrected chi connectivity index (χ0v) is 10.2. The van der Waals surface area contributed by atoms with Gasteiger partial charge in [0.05, 0.1) is 0 Å². The molecule has 1 aromatic rings. The number of benzene rings is 1. The van der Waals surface area contributed by atoms with Gasteiger partial charge in [-0.3, -0.25) is 0 Å². The molecule has 0 amide bonds. The Hall–Kier alpha value is -1.64. The van der Waals surface area contributed by atoms with Crippen molar-refractivity contribution in [2.45, 2.75) is 32.1 Å². The Bertz CT molecular complexity index is 465. The van der Waals surface area contributed by atoms with Crippen LogP contribution in [-0.4, -0.2) is 11.1 Å². The van der Waals surface area contributed by atoms with E-state index in [9.17, 15) is 9.18 Å². The van der Waals surface area contributed by atoms with Crippen molar-refractivity contribution >= 4 is 5.97 Å². The van der Waals surface area contributed by atoms with Crippen LogP contribution in [0.2, 0.25) is 0 Å². The first kappa shape index (κ1) is 12.8. The summed E-state index contributed by atoms with van der Waals surface area (Å²) in [6.45, 7) is 0. The first-order chi connectivity index (χ1) is 8.66. The van der Waals surface area contributed by atoms with E-state index < -0.39 is 5.97 Å². The predicted molar refractivity (Wildman–Crippen MR) is 67.8 cm³/mol. The molecule has 1 saturated carbocycles. The number of allylic oxidation sites excluding steroid dienone is 1. The van der Waals surface area contributed by atoms with E-state index in [4.69, 9.17) is 5.11 Å². The van der Waals surface area contributed by atoms with E-state index in [1.165, 1.54) is 12.1 Å². The maximum Gasteiger partial charge on any atom is 0.328 e. The molecule has 0 radical (unpaired) electrons. The molecule has 1 aromatic carbocycles. The molecule has 0 spiro atoms. The lowest BCUT2D eigenvalue weighted by Crippen LogP contribution is -2.15. The molecule has 1 unspecified atom stereocenters. The molecular formula is C15H17FO2. The van der Waals surface area contributed by atoms with Gasteiger partial charge in [-0.05, 0) is 43.2 Å². The van der Waals surface area contributed by atoms with Gasteiger partial charge in [0.25, 0.3) is 0 Å². The minimum Gasteiger partial charge on any atom is -0.478 e. The molecule has 2 rings (SSSR count). The van der Waals surface area contributed by atoms with Gasteiger partial charge in [-0.1, -0.05) is 30.2 Å². The fourth-order valence-corrected chi connectivity index (χ4v) is 2.62. The van der Waals surface area contributed by atoms with Crippen molar-refractivity contribution in [2.24, 2.45) is 5.92 Å². The Morgan fingerprint density at radius 1 is 1.39 bits per heavy atom. The Labute approximate surface area is 106 Å². The van der Waals surface area contributed by atoms with Crippen LogP contribution >= 0.6 is 0 Å². The van der Waals surface area contributed by atoms with Gasteiger partial charge in [0.1, 0.15) is 5.82 Å². The summed E-state index contributed by atoms with van der Waals surface area (Å²) in [5, 5.41) is 8.85. The van der Waals surface area contributed by atoms with Crippen LogP contribution in [0.25, 0.3) is 0 Å². The molecule has 0 saturated heterocycles. The van der Waals surface area contributed by atoms with Crippen LogP contribution in [0.5, 0.6) is 0 Å². The molecule has 1 N–H and O–H groups in total. The highest BCUT2D eigenvalue weighted by Crippen LogP contribution is 2.32. The largest absolute Gasteiger partial charge is 0.478 e. The summed E-state index contributed by atoms with van der Waals surface area (Å²) in [4.78, 5) is 10.8. The number of halogens is 1. The third kappa shape index (κ3) is 3.19. The second-order valence-corrected chi connectivity index (χ2v) is 4.80. The predicted octanol–water partition coefficient (Wildman–Crippen LogP) is 3.57. The standard InChI is InChI=1S/C15H17FO2/c16-14-8-4-3-7-13(14)9-11-5-1-2-6-12(11)10-15(17)18/h3-4,7-8,10-11H,1-2,5-6,9H2,(H,17,18)/b12-10+. The molecule has 1 atom stereocenters. The minimum absolute atomic E-state index is 0.173. The average Bonchev–Trinajstić information content (AvgIpc) is 2.34. The van der Waals surface area contributed by atoms with E-state index in [2.05, 4.69) is 0 Å². The monoisotopic (exact) mass is 248 g/mol. The van der Waals surface area contributed by atoms with Gasteiger partial charge in [-0.15, -0.1) is 0 Å². The summed E-state index contributed by atoms with van der Waals surface area (Å²) < 4.78 is 13.6. The lowest BCUT2D eigenvalue weighted by Gasteiger charge is -2.25. The van der Waals surface area contributed by atoms with Crippen LogP contribution in [0.3, 0.4) is 0 Å². The molecule has 0 aliphatic heterocycles. The quantitative estimate of drug-likeness (QED) is 0.830. The lowest BCUT2D eigenvalue weighted by atomic mass is 9.80. The number of carboxylic acids is 1. The van der Waals surface area contributed by atoms with Crippen LogP contribution < -0.4 is 0 Å². The summed E-state index contributed by atoms with van der Waals surface area (Å²) in [6.07, 6.45) is 5.82. The molecule has 96 valence electrons. The highest BCUT2D eigenvalue weighted by atomic mass is 19.1. The van der Waals surface area contributed by atoms with Crippen LogP contribution in [0.4, 0.5) is 4.39 Å². The SMILES string of the molecule is O=C(O)/C=C1\CCCCC1Cc1ccccc1F. The zero-order chi connectivity index (χ0) is 13.0. The highest BCUT2D eigenvalue weighted by Gasteiger charge is 2.21. The first-order valence-corrected chi connectivity index (χ1v) is 6.33. The number of rotatable bonds is 3. The number of carboxylic acid groups (broad SMARTS) is 1. The summed E-state index contributed by atoms with van der Waals surface area (Å²) >= 11 is 0. The third-order valence-corrected chi connectivity index (χ3v) is 3.53. The molecule has 0 aromatic heterocycles. The van der Waals surface area contributed by atoms with Gasteiger partial charge in [-0.2, -0.15) is 0 Å². The van der Waals surface area contributed by atoms with Crippen LogP contribution in [0.15, 0.2) is 35.9 Å². The number of hydrogen-bond donors (Lipinski definition) is 1. The van der Waals surface area contributed by atoms with Gasteiger partial charge >= 0.3 is 5.97 Å². The van der Waals surface area contributed by atoms with Crippen molar-refractivity contribution in [3.05, 3.63) is 47.3 Å². The van der Waals surface area contributed by atoms with Crippen molar-refractivity contribution in [1.29, 1.82) is 0 Å². The summed E-state index contributed by atoms with van der Waals surface area (Å²) in [6, 6.07) is 6.73. The van der Waals surface area contributed by atoms with E-state index in [0.717, 1.165) is 31.3 Å². The van der Waals surface area contributed by atoms with Crippen LogP contribution in [0.1, 0.15) is 31.2 Å². The number of carbonyl (C=O) groups is 1. The van der Waals surface area contributed by atoms with Gasteiger partial charge in [0.15, 0.2) is 0 Å². The Morgan fingerprint density at radius 2 is 2.17 bits per heavy atom. The van der Waals surface area contributed by atoms with E-state index in [1.807, 2.05) is 6.07 Å². The Morgan fingerprint density at radius 3 is 2.89 bits per heavy atom. The Balaban J connectivity index is 2.15. The van der Waals surface area contributed by atoms with Gasteiger partial charge in [0.2, 0.25) is 0 Å². The Kier molecular flexibility index (Phi) is 4.13. The summed E-state index contributed by atoms with van der Waals surface area (Å²) in [7, 11) is 0. The number of aliphatic carboxylic acids is 1. The highest BCUT2D eigenvalue weighted by molar-refractivity contribution is 5.80. The number of hydrogen-bond acceptors (Lipinski definition) is 1. The molecule has 2 nitrogen and oxygen atoms in total. The second kappa shape index (κ2) is 5.80. The molecular weight excluding hydrogens is 231 g/mol. The molecule has 1 fully saturated rings. The van der Waals surface area contributed by atoms with Crippen molar-refractivity contribution < 1.29 is 14.3 Å². The van der Waals surface area contributed by atoms with Gasteiger partial charge in [-0.25, -0.2) is 9.18 Å². The average molecular weight is 248 g/mol. The fraction of sp³-hybridized carbons (Fsp3) is 0.400. The topological polar surface area (TPSA) is 37.3 Å². The maximum absolute atomic E-state index is 13.6. The molecule has 1 aliphatic carbocycles. The molecule has 0 bridgehead atoms. The van der Waals surface area contributed by atoms with Crippen molar-refractivity contribution in [1.82, 2.24) is 0 Å². The van der Waals surface area contributed by atoms with E-state index >= 15 is 0 Å². The molecule has 0 heterocycles. The summed E-state index contributed by atoms with van der Waals surface area (Å²) in [5.41, 5.74) is 1.64. The first-order valence-electron chi connectivity index (χ1n) is 6.33. The van der Waals surface area contributed by atoms with E-state index in [0.29, 0.717) is 12.0 Å². The second-order valence-electron chi connectivity index (χ2n) is 4.80. The third-order valence-electron chi connectivity index (χ3n) is 3.53. The summed E-state index contributed by atoms with van der Waals surface area (Å²) in [5.74, 6) is -0.921. The van der Waals surface area contributed by atoms with Crippen molar-refractivity contribution in [3.63, 3.8) is 0 Å². The molecule has 18 heavy (non-hydrogen) atoms. The van der Waals surface area contributed by atoms with Crippen molar-refractivity contribution in [3.8, 4) is 0 Å². The van der Waals surface area contributed by atoms with Crippen LogP contribution in [-0.2, 0) is 11.2 Å². The minimum atomic E-state index is -0.898.